The Morgan fingerprint density at radius 3 is 2.81 bits per heavy atom. The van der Waals surface area contributed by atoms with Crippen LogP contribution in [0.1, 0.15) is 44.7 Å². The van der Waals surface area contributed by atoms with Crippen LogP contribution < -0.4 is 20.7 Å². The van der Waals surface area contributed by atoms with Crippen LogP contribution in [0.5, 0.6) is 5.75 Å². The molecule has 1 fully saturated rings. The predicted octanol–water partition coefficient (Wildman–Crippen LogP) is 1.74. The first kappa shape index (κ1) is 18.7. The number of rotatable bonds is 5. The number of carbonyl (C=O) groups is 2. The molecule has 26 heavy (non-hydrogen) atoms. The van der Waals surface area contributed by atoms with Crippen molar-refractivity contribution in [3.63, 3.8) is 0 Å². The molecule has 0 spiro atoms. The van der Waals surface area contributed by atoms with Crippen LogP contribution in [0.2, 0.25) is 0 Å². The van der Waals surface area contributed by atoms with E-state index in [1.165, 1.54) is 0 Å². The molecular formula is C19H27N3O4. The quantitative estimate of drug-likeness (QED) is 0.743. The number of amides is 2. The minimum Gasteiger partial charge on any atom is -0.478 e. The molecular weight excluding hydrogens is 334 g/mol. The van der Waals surface area contributed by atoms with Gasteiger partial charge in [0.25, 0.3) is 11.8 Å². The van der Waals surface area contributed by atoms with Crippen molar-refractivity contribution in [3.8, 4) is 5.75 Å². The highest BCUT2D eigenvalue weighted by atomic mass is 16.5. The van der Waals surface area contributed by atoms with E-state index in [0.29, 0.717) is 30.7 Å². The van der Waals surface area contributed by atoms with Crippen LogP contribution in [0.25, 0.3) is 0 Å². The molecule has 1 aromatic rings. The maximum Gasteiger partial charge on any atom is 0.265 e. The molecule has 1 aromatic carbocycles. The fourth-order valence-electron chi connectivity index (χ4n) is 3.46. The highest BCUT2D eigenvalue weighted by molar-refractivity contribution is 5.97. The molecule has 2 aliphatic heterocycles. The maximum absolute atomic E-state index is 12.8. The highest BCUT2D eigenvalue weighted by Crippen LogP contribution is 2.33. The summed E-state index contributed by atoms with van der Waals surface area (Å²) in [5.74, 6) is 0.424. The van der Waals surface area contributed by atoms with Crippen LogP contribution >= 0.6 is 0 Å². The van der Waals surface area contributed by atoms with Gasteiger partial charge in [-0.2, -0.15) is 0 Å². The van der Waals surface area contributed by atoms with Crippen LogP contribution in [-0.2, 0) is 14.3 Å². The molecule has 7 nitrogen and oxygen atoms in total. The van der Waals surface area contributed by atoms with Crippen LogP contribution in [0.4, 0.5) is 5.69 Å². The molecule has 0 aliphatic carbocycles. The molecule has 3 rings (SSSR count). The van der Waals surface area contributed by atoms with Crippen LogP contribution in [0, 0.1) is 0 Å². The van der Waals surface area contributed by atoms with Gasteiger partial charge in [0.2, 0.25) is 0 Å². The Kier molecular flexibility index (Phi) is 5.48. The Balaban J connectivity index is 1.73. The Hall–Kier alpha value is -2.12. The van der Waals surface area contributed by atoms with Crippen LogP contribution in [0.15, 0.2) is 18.2 Å². The number of ether oxygens (including phenoxy) is 2. The summed E-state index contributed by atoms with van der Waals surface area (Å²) in [5, 5.41) is 9.17. The van der Waals surface area contributed by atoms with Gasteiger partial charge < -0.3 is 25.4 Å². The lowest BCUT2D eigenvalue weighted by Gasteiger charge is -2.35. The summed E-state index contributed by atoms with van der Waals surface area (Å²) >= 11 is 0. The van der Waals surface area contributed by atoms with Gasteiger partial charge in [-0.1, -0.05) is 13.0 Å². The first-order valence-electron chi connectivity index (χ1n) is 9.17. The van der Waals surface area contributed by atoms with E-state index < -0.39 is 11.7 Å². The third kappa shape index (κ3) is 3.54. The fraction of sp³-hybridized carbons (Fsp3) is 0.579. The molecule has 0 bridgehead atoms. The lowest BCUT2D eigenvalue weighted by Crippen LogP contribution is -2.54. The van der Waals surface area contributed by atoms with Crippen molar-refractivity contribution >= 4 is 17.5 Å². The van der Waals surface area contributed by atoms with E-state index >= 15 is 0 Å². The minimum absolute atomic E-state index is 0.0904. The fourth-order valence-corrected chi connectivity index (χ4v) is 3.46. The third-order valence-electron chi connectivity index (χ3n) is 5.26. The maximum atomic E-state index is 12.8. The van der Waals surface area contributed by atoms with Gasteiger partial charge in [0, 0.05) is 7.11 Å². The number of nitrogens with one attached hydrogen (secondary N) is 3. The highest BCUT2D eigenvalue weighted by Gasteiger charge is 2.40. The van der Waals surface area contributed by atoms with Gasteiger partial charge in [0.15, 0.2) is 6.10 Å². The zero-order valence-electron chi connectivity index (χ0n) is 15.6. The van der Waals surface area contributed by atoms with E-state index in [9.17, 15) is 9.59 Å². The number of hydrogen-bond donors (Lipinski definition) is 3. The summed E-state index contributed by atoms with van der Waals surface area (Å²) < 4.78 is 11.4. The largest absolute Gasteiger partial charge is 0.478 e. The number of methoxy groups -OCH3 is 1. The summed E-state index contributed by atoms with van der Waals surface area (Å²) in [6.45, 7) is 5.37. The predicted molar refractivity (Wildman–Crippen MR) is 98.2 cm³/mol. The first-order chi connectivity index (χ1) is 12.5. The summed E-state index contributed by atoms with van der Waals surface area (Å²) in [6, 6.07) is 5.38. The van der Waals surface area contributed by atoms with E-state index in [0.717, 1.165) is 18.7 Å². The third-order valence-corrected chi connectivity index (χ3v) is 5.26. The van der Waals surface area contributed by atoms with Crippen LogP contribution in [-0.4, -0.2) is 43.7 Å². The van der Waals surface area contributed by atoms with Crippen molar-refractivity contribution in [1.29, 1.82) is 0 Å². The molecule has 0 saturated carbocycles. The summed E-state index contributed by atoms with van der Waals surface area (Å²) in [5.41, 5.74) is 0.808. The average molecular weight is 361 g/mol. The molecule has 2 heterocycles. The van der Waals surface area contributed by atoms with E-state index in [2.05, 4.69) is 16.0 Å². The molecule has 0 aromatic heterocycles. The first-order valence-corrected chi connectivity index (χ1v) is 9.17. The second kappa shape index (κ2) is 7.63. The molecule has 0 radical (unpaired) electrons. The minimum atomic E-state index is -0.772. The van der Waals surface area contributed by atoms with Gasteiger partial charge in [0.1, 0.15) is 11.4 Å². The zero-order chi connectivity index (χ0) is 18.7. The standard InChI is InChI=1S/C19H27N3O4/c1-4-15-17(23)22-14-6-5-13(11-16(14)26-15)12(2)21-18(24)19(25-3)7-9-20-10-8-19/h5-6,11-12,15,20H,4,7-10H2,1-3H3,(H,21,24)(H,22,23). The topological polar surface area (TPSA) is 88.7 Å². The molecule has 1 saturated heterocycles. The Morgan fingerprint density at radius 2 is 2.15 bits per heavy atom. The van der Waals surface area contributed by atoms with Gasteiger partial charge in [-0.25, -0.2) is 0 Å². The van der Waals surface area contributed by atoms with Gasteiger partial charge in [-0.3, -0.25) is 9.59 Å². The van der Waals surface area contributed by atoms with Gasteiger partial charge in [0.05, 0.1) is 11.7 Å². The smallest absolute Gasteiger partial charge is 0.265 e. The number of benzene rings is 1. The van der Waals surface area contributed by atoms with E-state index in [1.54, 1.807) is 7.11 Å². The van der Waals surface area contributed by atoms with Gasteiger partial charge >= 0.3 is 0 Å². The van der Waals surface area contributed by atoms with Crippen molar-refractivity contribution in [2.24, 2.45) is 0 Å². The average Bonchev–Trinajstić information content (AvgIpc) is 2.67. The Bertz CT molecular complexity index is 685. The van der Waals surface area contributed by atoms with E-state index in [4.69, 9.17) is 9.47 Å². The SMILES string of the molecule is CCC1Oc2cc(C(C)NC(=O)C3(OC)CCNCC3)ccc2NC1=O. The molecule has 7 heteroatoms. The molecule has 2 amide bonds. The second-order valence-corrected chi connectivity index (χ2v) is 6.90. The number of fused-ring (bicyclic) bond motifs is 1. The summed E-state index contributed by atoms with van der Waals surface area (Å²) in [4.78, 5) is 24.7. The summed E-state index contributed by atoms with van der Waals surface area (Å²) in [6.07, 6.45) is 1.43. The van der Waals surface area contributed by atoms with E-state index in [1.807, 2.05) is 32.0 Å². The number of hydrogen-bond acceptors (Lipinski definition) is 5. The van der Waals surface area contributed by atoms with Gasteiger partial charge in [-0.05, 0) is 57.0 Å². The molecule has 2 unspecified atom stereocenters. The monoisotopic (exact) mass is 361 g/mol. The van der Waals surface area contributed by atoms with Crippen molar-refractivity contribution in [1.82, 2.24) is 10.6 Å². The molecule has 2 atom stereocenters. The Labute approximate surface area is 153 Å². The number of piperidine rings is 1. The molecule has 3 N–H and O–H groups in total. The van der Waals surface area contributed by atoms with Gasteiger partial charge in [-0.15, -0.1) is 0 Å². The zero-order valence-corrected chi connectivity index (χ0v) is 15.6. The molecule has 142 valence electrons. The lowest BCUT2D eigenvalue weighted by atomic mass is 9.90. The van der Waals surface area contributed by atoms with Crippen molar-refractivity contribution in [2.45, 2.75) is 50.9 Å². The lowest BCUT2D eigenvalue weighted by molar-refractivity contribution is -0.147. The summed E-state index contributed by atoms with van der Waals surface area (Å²) in [7, 11) is 1.59. The van der Waals surface area contributed by atoms with Crippen molar-refractivity contribution in [2.75, 3.05) is 25.5 Å². The molecule has 2 aliphatic rings. The number of carbonyl (C=O) groups excluding carboxylic acids is 2. The van der Waals surface area contributed by atoms with Crippen LogP contribution in [0.3, 0.4) is 0 Å². The van der Waals surface area contributed by atoms with Crippen molar-refractivity contribution in [3.05, 3.63) is 23.8 Å². The Morgan fingerprint density at radius 1 is 1.42 bits per heavy atom. The number of anilines is 1. The second-order valence-electron chi connectivity index (χ2n) is 6.90. The van der Waals surface area contributed by atoms with E-state index in [-0.39, 0.29) is 17.9 Å². The van der Waals surface area contributed by atoms with Crippen molar-refractivity contribution < 1.29 is 19.1 Å². The normalized spacial score (nSPS) is 22.6.